The maximum Gasteiger partial charge on any atom is 0.325 e. The molecule has 0 aliphatic carbocycles. The normalized spacial score (nSPS) is 9.72. The third-order valence-corrected chi connectivity index (χ3v) is 3.59. The van der Waals surface area contributed by atoms with Gasteiger partial charge in [-0.25, -0.2) is 4.79 Å². The van der Waals surface area contributed by atoms with E-state index >= 15 is 0 Å². The molecule has 0 atom stereocenters. The van der Waals surface area contributed by atoms with E-state index in [9.17, 15) is 24.0 Å². The lowest BCUT2D eigenvalue weighted by Crippen LogP contribution is -2.42. The molecule has 0 aliphatic heterocycles. The van der Waals surface area contributed by atoms with Gasteiger partial charge in [0.25, 0.3) is 11.8 Å². The number of rotatable bonds is 9. The van der Waals surface area contributed by atoms with Crippen LogP contribution in [0.5, 0.6) is 0 Å². The van der Waals surface area contributed by atoms with E-state index < -0.39 is 49.4 Å². The number of hydrogen-bond donors (Lipinski definition) is 4. The molecular weight excluding hydrogens is 427 g/mol. The Bertz CT molecular complexity index is 815. The van der Waals surface area contributed by atoms with Gasteiger partial charge in [0, 0.05) is 11.6 Å². The fourth-order valence-corrected chi connectivity index (χ4v) is 2.23. The Kier molecular flexibility index (Phi) is 10.2. The van der Waals surface area contributed by atoms with Gasteiger partial charge in [0.2, 0.25) is 5.91 Å². The number of amides is 5. The molecule has 0 aliphatic rings. The first-order valence-corrected chi connectivity index (χ1v) is 8.82. The molecule has 4 N–H and O–H groups in total. The largest absolute Gasteiger partial charge is 0.454 e. The van der Waals surface area contributed by atoms with Crippen molar-refractivity contribution < 1.29 is 28.7 Å². The molecule has 1 rings (SSSR count). The second-order valence-electron chi connectivity index (χ2n) is 5.29. The molecule has 0 spiro atoms. The molecule has 0 saturated heterocycles. The molecule has 12 heteroatoms. The van der Waals surface area contributed by atoms with Gasteiger partial charge in [0.1, 0.15) is 6.54 Å². The first-order chi connectivity index (χ1) is 13.7. The third-order valence-electron chi connectivity index (χ3n) is 3.04. The van der Waals surface area contributed by atoms with Crippen molar-refractivity contribution in [3.8, 4) is 0 Å². The fourth-order valence-electron chi connectivity index (χ4n) is 1.73. The summed E-state index contributed by atoms with van der Waals surface area (Å²) in [5, 5.41) is 9.22. The van der Waals surface area contributed by atoms with E-state index in [1.54, 1.807) is 0 Å². The molecule has 156 valence electrons. The number of urea groups is 1. The number of ether oxygens (including phenoxy) is 1. The minimum atomic E-state index is -0.910. The number of halogens is 2. The highest BCUT2D eigenvalue weighted by Gasteiger charge is 2.14. The van der Waals surface area contributed by atoms with Crippen molar-refractivity contribution in [1.29, 1.82) is 0 Å². The molecule has 10 nitrogen and oxygen atoms in total. The van der Waals surface area contributed by atoms with E-state index in [1.807, 2.05) is 5.32 Å². The zero-order valence-electron chi connectivity index (χ0n) is 15.1. The molecule has 0 radical (unpaired) electrons. The van der Waals surface area contributed by atoms with Gasteiger partial charge in [0.05, 0.1) is 17.1 Å². The maximum atomic E-state index is 12.0. The van der Waals surface area contributed by atoms with E-state index in [0.717, 1.165) is 0 Å². The molecule has 0 bridgehead atoms. The average molecular weight is 445 g/mol. The fraction of sp³-hybridized carbons (Fsp3) is 0.235. The van der Waals surface area contributed by atoms with Crippen LogP contribution in [0, 0.1) is 0 Å². The average Bonchev–Trinajstić information content (AvgIpc) is 2.67. The highest BCUT2D eigenvalue weighted by atomic mass is 35.5. The summed E-state index contributed by atoms with van der Waals surface area (Å²) < 4.78 is 4.60. The molecule has 0 heterocycles. The Morgan fingerprint density at radius 1 is 1.00 bits per heavy atom. The number of esters is 1. The van der Waals surface area contributed by atoms with Gasteiger partial charge in [-0.1, -0.05) is 29.3 Å². The highest BCUT2D eigenvalue weighted by Crippen LogP contribution is 2.20. The van der Waals surface area contributed by atoms with Crippen molar-refractivity contribution in [2.45, 2.75) is 0 Å². The second-order valence-corrected chi connectivity index (χ2v) is 6.13. The summed E-state index contributed by atoms with van der Waals surface area (Å²) in [7, 11) is 0. The predicted molar refractivity (Wildman–Crippen MR) is 105 cm³/mol. The molecule has 29 heavy (non-hydrogen) atoms. The zero-order valence-corrected chi connectivity index (χ0v) is 16.6. The van der Waals surface area contributed by atoms with Gasteiger partial charge in [0.15, 0.2) is 6.61 Å². The molecule has 0 unspecified atom stereocenters. The summed E-state index contributed by atoms with van der Waals surface area (Å²) in [6.45, 7) is 1.88. The monoisotopic (exact) mass is 444 g/mol. The lowest BCUT2D eigenvalue weighted by Gasteiger charge is -2.09. The third kappa shape index (κ3) is 9.58. The molecule has 0 fully saturated rings. The first kappa shape index (κ1) is 23.9. The van der Waals surface area contributed by atoms with E-state index in [-0.39, 0.29) is 17.1 Å². The topological polar surface area (TPSA) is 143 Å². The van der Waals surface area contributed by atoms with Crippen LogP contribution < -0.4 is 21.3 Å². The Hall–Kier alpha value is -3.11. The van der Waals surface area contributed by atoms with Crippen molar-refractivity contribution in [2.75, 3.05) is 26.2 Å². The van der Waals surface area contributed by atoms with Crippen LogP contribution in [0.25, 0.3) is 0 Å². The standard InChI is InChI=1S/C17H18Cl2N4O6/c1-2-5-20-17(28)23-14(25)9-29-15(26)8-21-13(24)7-22-16(27)11-4-3-10(18)6-12(11)19/h2-4,6H,1,5,7-9H2,(H,21,24)(H,22,27)(H2,20,23,25,28). The van der Waals surface area contributed by atoms with Crippen molar-refractivity contribution in [3.63, 3.8) is 0 Å². The van der Waals surface area contributed by atoms with Crippen LogP contribution in [0.4, 0.5) is 4.79 Å². The molecule has 1 aromatic rings. The number of hydrogen-bond acceptors (Lipinski definition) is 6. The van der Waals surface area contributed by atoms with E-state index in [0.29, 0.717) is 5.02 Å². The van der Waals surface area contributed by atoms with Gasteiger partial charge in [-0.3, -0.25) is 24.5 Å². The summed E-state index contributed by atoms with van der Waals surface area (Å²) in [4.78, 5) is 57.7. The minimum absolute atomic E-state index is 0.121. The van der Waals surface area contributed by atoms with Crippen molar-refractivity contribution in [2.24, 2.45) is 0 Å². The second kappa shape index (κ2) is 12.4. The lowest BCUT2D eigenvalue weighted by atomic mass is 10.2. The van der Waals surface area contributed by atoms with E-state index in [2.05, 4.69) is 27.3 Å². The van der Waals surface area contributed by atoms with Crippen LogP contribution >= 0.6 is 23.2 Å². The van der Waals surface area contributed by atoms with Crippen molar-refractivity contribution in [3.05, 3.63) is 46.5 Å². The van der Waals surface area contributed by atoms with Crippen molar-refractivity contribution >= 4 is 52.9 Å². The summed E-state index contributed by atoms with van der Waals surface area (Å²) in [6, 6.07) is 3.49. The first-order valence-electron chi connectivity index (χ1n) is 8.07. The Labute approximate surface area is 175 Å². The number of benzene rings is 1. The van der Waals surface area contributed by atoms with Crippen LogP contribution in [0.2, 0.25) is 10.0 Å². The quantitative estimate of drug-likeness (QED) is 0.320. The Balaban J connectivity index is 2.27. The molecule has 5 amide bonds. The molecule has 0 aromatic heterocycles. The molecule has 1 aromatic carbocycles. The number of carbonyl (C=O) groups is 5. The summed E-state index contributed by atoms with van der Waals surface area (Å²) in [6.07, 6.45) is 1.42. The zero-order chi connectivity index (χ0) is 21.8. The number of nitrogens with one attached hydrogen (secondary N) is 4. The smallest absolute Gasteiger partial charge is 0.325 e. The van der Waals surface area contributed by atoms with Crippen LogP contribution in [0.3, 0.4) is 0 Å². The molecule has 0 saturated carbocycles. The van der Waals surface area contributed by atoms with Crippen LogP contribution in [-0.4, -0.2) is 56.0 Å². The lowest BCUT2D eigenvalue weighted by molar-refractivity contribution is -0.148. The summed E-state index contributed by atoms with van der Waals surface area (Å²) in [5.41, 5.74) is 0.131. The van der Waals surface area contributed by atoms with Crippen molar-refractivity contribution in [1.82, 2.24) is 21.3 Å². The van der Waals surface area contributed by atoms with E-state index in [4.69, 9.17) is 23.2 Å². The SMILES string of the molecule is C=CCNC(=O)NC(=O)COC(=O)CNC(=O)CNC(=O)c1ccc(Cl)cc1Cl. The predicted octanol–water partition coefficient (Wildman–Crippen LogP) is 0.394. The van der Waals surface area contributed by atoms with Gasteiger partial charge in [-0.05, 0) is 18.2 Å². The minimum Gasteiger partial charge on any atom is -0.454 e. The van der Waals surface area contributed by atoms with Crippen LogP contribution in [0.1, 0.15) is 10.4 Å². The number of imide groups is 1. The maximum absolute atomic E-state index is 12.0. The molecular formula is C17H18Cl2N4O6. The van der Waals surface area contributed by atoms with Gasteiger partial charge >= 0.3 is 12.0 Å². The summed E-state index contributed by atoms with van der Waals surface area (Å²) in [5.74, 6) is -3.03. The van der Waals surface area contributed by atoms with Gasteiger partial charge in [-0.15, -0.1) is 6.58 Å². The van der Waals surface area contributed by atoms with Crippen LogP contribution in [-0.2, 0) is 19.1 Å². The van der Waals surface area contributed by atoms with Crippen LogP contribution in [0.15, 0.2) is 30.9 Å². The Morgan fingerprint density at radius 2 is 1.72 bits per heavy atom. The highest BCUT2D eigenvalue weighted by molar-refractivity contribution is 6.36. The van der Waals surface area contributed by atoms with Gasteiger partial charge in [-0.2, -0.15) is 0 Å². The Morgan fingerprint density at radius 3 is 2.38 bits per heavy atom. The number of carbonyl (C=O) groups excluding carboxylic acids is 5. The summed E-state index contributed by atoms with van der Waals surface area (Å²) >= 11 is 11.6. The van der Waals surface area contributed by atoms with E-state index in [1.165, 1.54) is 24.3 Å². The van der Waals surface area contributed by atoms with Gasteiger partial charge < -0.3 is 20.7 Å².